The minimum Gasteiger partial charge on any atom is -0.482 e. The fraction of sp³-hybridized carbons (Fsp3) is 0.0556. The monoisotopic (exact) mass is 350 g/mol. The van der Waals surface area contributed by atoms with E-state index < -0.39 is 10.8 Å². The first-order valence-corrected chi connectivity index (χ1v) is 7.45. The number of nitrogens with zero attached hydrogens (tertiary/aromatic N) is 3. The zero-order valence-corrected chi connectivity index (χ0v) is 13.5. The van der Waals surface area contributed by atoms with Gasteiger partial charge in [-0.05, 0) is 23.8 Å². The van der Waals surface area contributed by atoms with Gasteiger partial charge in [0.2, 0.25) is 0 Å². The molecule has 0 spiro atoms. The Labute approximate surface area is 149 Å². The number of carbonyl (C=O) groups excluding carboxylic acids is 1. The van der Waals surface area contributed by atoms with Gasteiger partial charge in [0.05, 0.1) is 10.5 Å². The molecule has 0 unspecified atom stereocenters. The van der Waals surface area contributed by atoms with Crippen LogP contribution in [-0.2, 0) is 4.79 Å². The summed E-state index contributed by atoms with van der Waals surface area (Å²) in [6.45, 7) is -0.287. The second kappa shape index (κ2) is 9.34. The van der Waals surface area contributed by atoms with Crippen LogP contribution >= 0.6 is 0 Å². The van der Waals surface area contributed by atoms with E-state index in [1.807, 2.05) is 6.07 Å². The highest BCUT2D eigenvalue weighted by molar-refractivity contribution is 5.82. The van der Waals surface area contributed by atoms with Gasteiger partial charge in [0.15, 0.2) is 6.61 Å². The SMILES string of the molecule is N#Cc1ccccc1OCC(=O)NN=CC=Cc1cccc([N+](=O)[O-])c1. The number of nitro benzene ring substituents is 1. The number of benzene rings is 2. The summed E-state index contributed by atoms with van der Waals surface area (Å²) < 4.78 is 5.26. The quantitative estimate of drug-likeness (QED) is 0.468. The fourth-order valence-corrected chi connectivity index (χ4v) is 1.91. The molecule has 0 bridgehead atoms. The van der Waals surface area contributed by atoms with Gasteiger partial charge in [0.1, 0.15) is 11.8 Å². The topological polar surface area (TPSA) is 118 Å². The number of carbonyl (C=O) groups is 1. The van der Waals surface area contributed by atoms with Gasteiger partial charge in [-0.3, -0.25) is 14.9 Å². The van der Waals surface area contributed by atoms with E-state index in [-0.39, 0.29) is 12.3 Å². The lowest BCUT2D eigenvalue weighted by molar-refractivity contribution is -0.384. The van der Waals surface area contributed by atoms with Crippen LogP contribution in [0.5, 0.6) is 5.75 Å². The highest BCUT2D eigenvalue weighted by atomic mass is 16.6. The Morgan fingerprint density at radius 2 is 2.12 bits per heavy atom. The molecule has 1 N–H and O–H groups in total. The second-order valence-electron chi connectivity index (χ2n) is 4.92. The average Bonchev–Trinajstić information content (AvgIpc) is 2.66. The minimum absolute atomic E-state index is 0.00723. The third-order valence-electron chi connectivity index (χ3n) is 3.09. The average molecular weight is 350 g/mol. The van der Waals surface area contributed by atoms with Crippen molar-refractivity contribution in [3.8, 4) is 11.8 Å². The zero-order valence-electron chi connectivity index (χ0n) is 13.5. The van der Waals surface area contributed by atoms with Crippen molar-refractivity contribution in [3.05, 3.63) is 75.8 Å². The number of nitro groups is 1. The molecule has 0 aliphatic carbocycles. The fourth-order valence-electron chi connectivity index (χ4n) is 1.91. The summed E-state index contributed by atoms with van der Waals surface area (Å²) in [6.07, 6.45) is 4.48. The molecule has 8 nitrogen and oxygen atoms in total. The van der Waals surface area contributed by atoms with Crippen LogP contribution in [0.3, 0.4) is 0 Å². The van der Waals surface area contributed by atoms with Crippen LogP contribution in [0.4, 0.5) is 5.69 Å². The van der Waals surface area contributed by atoms with E-state index >= 15 is 0 Å². The molecule has 0 atom stereocenters. The Kier molecular flexibility index (Phi) is 6.59. The van der Waals surface area contributed by atoms with Gasteiger partial charge in [-0.25, -0.2) is 5.43 Å². The molecule has 26 heavy (non-hydrogen) atoms. The van der Waals surface area contributed by atoms with Gasteiger partial charge in [-0.2, -0.15) is 10.4 Å². The van der Waals surface area contributed by atoms with Crippen LogP contribution in [0.15, 0.2) is 59.7 Å². The molecule has 0 heterocycles. The molecule has 0 fully saturated rings. The van der Waals surface area contributed by atoms with E-state index in [2.05, 4.69) is 10.5 Å². The molecule has 0 saturated heterocycles. The van der Waals surface area contributed by atoms with Crippen molar-refractivity contribution in [3.63, 3.8) is 0 Å². The van der Waals surface area contributed by atoms with Crippen molar-refractivity contribution in [2.24, 2.45) is 5.10 Å². The summed E-state index contributed by atoms with van der Waals surface area (Å²) in [5.41, 5.74) is 3.23. The molecule has 130 valence electrons. The molecular formula is C18H14N4O4. The maximum Gasteiger partial charge on any atom is 0.277 e. The number of amides is 1. The van der Waals surface area contributed by atoms with Crippen molar-refractivity contribution >= 4 is 23.9 Å². The number of allylic oxidation sites excluding steroid dienone is 1. The summed E-state index contributed by atoms with van der Waals surface area (Å²) in [6, 6.07) is 14.6. The van der Waals surface area contributed by atoms with Gasteiger partial charge in [0, 0.05) is 18.3 Å². The van der Waals surface area contributed by atoms with E-state index in [0.717, 1.165) is 0 Å². The molecule has 8 heteroatoms. The number of non-ortho nitro benzene ring substituents is 1. The molecular weight excluding hydrogens is 336 g/mol. The number of hydrogen-bond acceptors (Lipinski definition) is 6. The van der Waals surface area contributed by atoms with Crippen molar-refractivity contribution in [2.75, 3.05) is 6.61 Å². The Bertz CT molecular complexity index is 900. The van der Waals surface area contributed by atoms with E-state index in [1.165, 1.54) is 24.4 Å². The summed E-state index contributed by atoms with van der Waals surface area (Å²) in [5.74, 6) is -0.169. The molecule has 0 radical (unpaired) electrons. The third kappa shape index (κ3) is 5.58. The van der Waals surface area contributed by atoms with Gasteiger partial charge < -0.3 is 4.74 Å². The summed E-state index contributed by atoms with van der Waals surface area (Å²) >= 11 is 0. The van der Waals surface area contributed by atoms with Crippen molar-refractivity contribution in [1.29, 1.82) is 5.26 Å². The van der Waals surface area contributed by atoms with Crippen molar-refractivity contribution in [2.45, 2.75) is 0 Å². The van der Waals surface area contributed by atoms with Crippen molar-refractivity contribution < 1.29 is 14.5 Å². The lowest BCUT2D eigenvalue weighted by Crippen LogP contribution is -2.24. The highest BCUT2D eigenvalue weighted by Gasteiger charge is 2.05. The smallest absolute Gasteiger partial charge is 0.277 e. The molecule has 0 aliphatic rings. The number of nitriles is 1. The number of hydrazone groups is 1. The van der Waals surface area contributed by atoms with E-state index in [1.54, 1.807) is 42.5 Å². The van der Waals surface area contributed by atoms with Crippen LogP contribution in [0.2, 0.25) is 0 Å². The normalized spacial score (nSPS) is 10.6. The summed E-state index contributed by atoms with van der Waals surface area (Å²) in [4.78, 5) is 21.8. The standard InChI is InChI=1S/C18H14N4O4/c19-12-15-7-1-2-9-17(15)26-13-18(23)21-20-10-4-6-14-5-3-8-16(11-14)22(24)25/h1-11H,13H2,(H,21,23). The molecule has 0 aliphatic heterocycles. The molecule has 0 saturated carbocycles. The Morgan fingerprint density at radius 1 is 1.31 bits per heavy atom. The lowest BCUT2D eigenvalue weighted by Gasteiger charge is -2.05. The van der Waals surface area contributed by atoms with Gasteiger partial charge in [-0.1, -0.05) is 30.3 Å². The maximum atomic E-state index is 11.6. The van der Waals surface area contributed by atoms with E-state index in [4.69, 9.17) is 10.00 Å². The van der Waals surface area contributed by atoms with Crippen molar-refractivity contribution in [1.82, 2.24) is 5.43 Å². The zero-order chi connectivity index (χ0) is 18.8. The third-order valence-corrected chi connectivity index (χ3v) is 3.09. The lowest BCUT2D eigenvalue weighted by atomic mass is 10.2. The molecule has 2 rings (SSSR count). The number of rotatable bonds is 7. The molecule has 2 aromatic rings. The molecule has 2 aromatic carbocycles. The van der Waals surface area contributed by atoms with Crippen LogP contribution in [0.25, 0.3) is 6.08 Å². The molecule has 0 aromatic heterocycles. The van der Waals surface area contributed by atoms with Gasteiger partial charge in [-0.15, -0.1) is 0 Å². The van der Waals surface area contributed by atoms with E-state index in [9.17, 15) is 14.9 Å². The van der Waals surface area contributed by atoms with Gasteiger partial charge >= 0.3 is 0 Å². The van der Waals surface area contributed by atoms with Crippen LogP contribution < -0.4 is 10.2 Å². The summed E-state index contributed by atoms with van der Waals surface area (Å²) in [5, 5.41) is 23.3. The van der Waals surface area contributed by atoms with Crippen LogP contribution in [0, 0.1) is 21.4 Å². The number of hydrogen-bond donors (Lipinski definition) is 1. The minimum atomic E-state index is -0.488. The first kappa shape index (κ1) is 18.4. The number of ether oxygens (including phenoxy) is 1. The van der Waals surface area contributed by atoms with Gasteiger partial charge in [0.25, 0.3) is 11.6 Å². The van der Waals surface area contributed by atoms with Crippen LogP contribution in [0.1, 0.15) is 11.1 Å². The Balaban J connectivity index is 1.81. The van der Waals surface area contributed by atoms with Crippen LogP contribution in [-0.4, -0.2) is 23.7 Å². The van der Waals surface area contributed by atoms with E-state index in [0.29, 0.717) is 16.9 Å². The highest BCUT2D eigenvalue weighted by Crippen LogP contribution is 2.16. The Hall–Kier alpha value is -3.99. The largest absolute Gasteiger partial charge is 0.482 e. The summed E-state index contributed by atoms with van der Waals surface area (Å²) in [7, 11) is 0. The molecule has 1 amide bonds. The second-order valence-corrected chi connectivity index (χ2v) is 4.92. The number of nitrogens with one attached hydrogen (secondary N) is 1. The predicted octanol–water partition coefficient (Wildman–Crippen LogP) is 2.66. The first-order chi connectivity index (χ1) is 12.6. The first-order valence-electron chi connectivity index (χ1n) is 7.45. The maximum absolute atomic E-state index is 11.6. The predicted molar refractivity (Wildman–Crippen MR) is 95.4 cm³/mol. The Morgan fingerprint density at radius 3 is 2.88 bits per heavy atom. The number of para-hydroxylation sites is 1.